The van der Waals surface area contributed by atoms with Gasteiger partial charge in [-0.15, -0.1) is 11.3 Å². The Morgan fingerprint density at radius 1 is 1.14 bits per heavy atom. The molecule has 0 radical (unpaired) electrons. The maximum absolute atomic E-state index is 11.5. The second kappa shape index (κ2) is 5.10. The topological polar surface area (TPSA) is 67.3 Å². The minimum absolute atomic E-state index is 0.0168. The lowest BCUT2D eigenvalue weighted by atomic mass is 10.0. The number of nitrogens with zero attached hydrogens (tertiary/aromatic N) is 1. The van der Waals surface area contributed by atoms with Gasteiger partial charge >= 0.3 is 5.97 Å². The Labute approximate surface area is 124 Å². The number of hydrogen-bond donors (Lipinski definition) is 1. The van der Waals surface area contributed by atoms with Crippen LogP contribution in [0.3, 0.4) is 0 Å². The predicted octanol–water partition coefficient (Wildman–Crippen LogP) is 3.86. The van der Waals surface area contributed by atoms with E-state index in [0.29, 0.717) is 16.0 Å². The van der Waals surface area contributed by atoms with Gasteiger partial charge < -0.3 is 5.11 Å². The summed E-state index contributed by atoms with van der Waals surface area (Å²) in [7, 11) is 0. The summed E-state index contributed by atoms with van der Waals surface area (Å²) in [4.78, 5) is 28.0. The van der Waals surface area contributed by atoms with Crippen LogP contribution >= 0.6 is 11.3 Å². The quantitative estimate of drug-likeness (QED) is 0.745. The number of rotatable bonds is 3. The molecule has 0 saturated heterocycles. The van der Waals surface area contributed by atoms with Crippen molar-refractivity contribution in [1.82, 2.24) is 4.98 Å². The van der Waals surface area contributed by atoms with Crippen molar-refractivity contribution in [3.63, 3.8) is 0 Å². The molecular weight excluding hydrogens is 286 g/mol. The van der Waals surface area contributed by atoms with Crippen LogP contribution in [0.2, 0.25) is 0 Å². The SMILES string of the molecule is CC(=O)c1ccc(-c2c(C(=O)O)sc3ncccc23)cc1. The first kappa shape index (κ1) is 13.5. The van der Waals surface area contributed by atoms with E-state index in [1.54, 1.807) is 36.5 Å². The molecule has 1 N–H and O–H groups in total. The Morgan fingerprint density at radius 2 is 1.86 bits per heavy atom. The highest BCUT2D eigenvalue weighted by Crippen LogP contribution is 2.37. The predicted molar refractivity (Wildman–Crippen MR) is 82.0 cm³/mol. The van der Waals surface area contributed by atoms with E-state index >= 15 is 0 Å². The summed E-state index contributed by atoms with van der Waals surface area (Å²) >= 11 is 1.16. The normalized spacial score (nSPS) is 10.7. The Hall–Kier alpha value is -2.53. The van der Waals surface area contributed by atoms with Crippen molar-refractivity contribution >= 4 is 33.3 Å². The number of aromatic nitrogens is 1. The van der Waals surface area contributed by atoms with Crippen LogP contribution in [-0.2, 0) is 0 Å². The zero-order chi connectivity index (χ0) is 15.0. The zero-order valence-corrected chi connectivity index (χ0v) is 12.0. The van der Waals surface area contributed by atoms with Crippen LogP contribution in [0.4, 0.5) is 0 Å². The molecule has 21 heavy (non-hydrogen) atoms. The monoisotopic (exact) mass is 297 g/mol. The summed E-state index contributed by atoms with van der Waals surface area (Å²) in [6, 6.07) is 10.6. The molecule has 0 unspecified atom stereocenters. The number of carboxylic acids is 1. The highest BCUT2D eigenvalue weighted by molar-refractivity contribution is 7.21. The van der Waals surface area contributed by atoms with E-state index < -0.39 is 5.97 Å². The summed E-state index contributed by atoms with van der Waals surface area (Å²) in [5.74, 6) is -0.986. The molecule has 0 spiro atoms. The Bertz CT molecular complexity index is 850. The standard InChI is InChI=1S/C16H11NO3S/c1-9(18)10-4-6-11(7-5-10)13-12-3-2-8-17-15(12)21-14(13)16(19)20/h2-8H,1H3,(H,19,20). The second-order valence-electron chi connectivity index (χ2n) is 4.60. The number of thiophene rings is 1. The average molecular weight is 297 g/mol. The van der Waals surface area contributed by atoms with Gasteiger partial charge in [0.25, 0.3) is 0 Å². The lowest BCUT2D eigenvalue weighted by Crippen LogP contribution is -1.95. The van der Waals surface area contributed by atoms with Crippen molar-refractivity contribution in [1.29, 1.82) is 0 Å². The van der Waals surface area contributed by atoms with Crippen molar-refractivity contribution < 1.29 is 14.7 Å². The molecular formula is C16H11NO3S. The summed E-state index contributed by atoms with van der Waals surface area (Å²) in [5, 5.41) is 10.2. The van der Waals surface area contributed by atoms with E-state index in [1.165, 1.54) is 6.92 Å². The van der Waals surface area contributed by atoms with E-state index in [2.05, 4.69) is 4.98 Å². The van der Waals surface area contributed by atoms with Crippen molar-refractivity contribution in [3.05, 3.63) is 53.0 Å². The fourth-order valence-corrected chi connectivity index (χ4v) is 3.25. The first-order valence-electron chi connectivity index (χ1n) is 6.30. The average Bonchev–Trinajstić information content (AvgIpc) is 2.87. The van der Waals surface area contributed by atoms with Crippen LogP contribution in [0.1, 0.15) is 27.0 Å². The molecule has 2 aromatic heterocycles. The van der Waals surface area contributed by atoms with Crippen LogP contribution in [0, 0.1) is 0 Å². The van der Waals surface area contributed by atoms with Gasteiger partial charge in [-0.25, -0.2) is 9.78 Å². The van der Waals surface area contributed by atoms with Crippen molar-refractivity contribution in [2.75, 3.05) is 0 Å². The molecule has 0 aliphatic carbocycles. The number of Topliss-reactive ketones (excluding diaryl/α,β-unsaturated/α-hetero) is 1. The van der Waals surface area contributed by atoms with E-state index in [1.807, 2.05) is 6.07 Å². The highest BCUT2D eigenvalue weighted by Gasteiger charge is 2.19. The highest BCUT2D eigenvalue weighted by atomic mass is 32.1. The molecule has 1 aromatic carbocycles. The largest absolute Gasteiger partial charge is 0.477 e. The minimum Gasteiger partial charge on any atom is -0.477 e. The number of carbonyl (C=O) groups is 2. The second-order valence-corrected chi connectivity index (χ2v) is 5.60. The van der Waals surface area contributed by atoms with Crippen LogP contribution in [0.5, 0.6) is 0 Å². The van der Waals surface area contributed by atoms with Crippen LogP contribution in [-0.4, -0.2) is 21.8 Å². The maximum atomic E-state index is 11.5. The fraction of sp³-hybridized carbons (Fsp3) is 0.0625. The van der Waals surface area contributed by atoms with Gasteiger partial charge in [0.2, 0.25) is 0 Å². The third kappa shape index (κ3) is 2.32. The molecule has 0 atom stereocenters. The van der Waals surface area contributed by atoms with Crippen LogP contribution in [0.25, 0.3) is 21.3 Å². The molecule has 3 rings (SSSR count). The molecule has 0 aliphatic heterocycles. The number of carbonyl (C=O) groups excluding carboxylic acids is 1. The van der Waals surface area contributed by atoms with Gasteiger partial charge in [0, 0.05) is 22.7 Å². The molecule has 104 valence electrons. The van der Waals surface area contributed by atoms with Gasteiger partial charge in [-0.2, -0.15) is 0 Å². The third-order valence-electron chi connectivity index (χ3n) is 3.24. The molecule has 4 nitrogen and oxygen atoms in total. The van der Waals surface area contributed by atoms with E-state index in [9.17, 15) is 14.7 Å². The number of carboxylic acid groups (broad SMARTS) is 1. The molecule has 0 aliphatic rings. The Balaban J connectivity index is 2.25. The van der Waals surface area contributed by atoms with Crippen molar-refractivity contribution in [2.24, 2.45) is 0 Å². The first-order chi connectivity index (χ1) is 10.1. The fourth-order valence-electron chi connectivity index (χ4n) is 2.24. The van der Waals surface area contributed by atoms with Gasteiger partial charge in [0.15, 0.2) is 5.78 Å². The molecule has 0 saturated carbocycles. The Morgan fingerprint density at radius 3 is 2.48 bits per heavy atom. The lowest BCUT2D eigenvalue weighted by Gasteiger charge is -2.03. The van der Waals surface area contributed by atoms with E-state index in [4.69, 9.17) is 0 Å². The van der Waals surface area contributed by atoms with E-state index in [0.717, 1.165) is 22.3 Å². The lowest BCUT2D eigenvalue weighted by molar-refractivity contribution is 0.0702. The molecule has 0 amide bonds. The molecule has 3 aromatic rings. The number of benzene rings is 1. The van der Waals surface area contributed by atoms with Crippen LogP contribution < -0.4 is 0 Å². The number of ketones is 1. The molecule has 0 fully saturated rings. The van der Waals surface area contributed by atoms with Crippen molar-refractivity contribution in [3.8, 4) is 11.1 Å². The van der Waals surface area contributed by atoms with Crippen molar-refractivity contribution in [2.45, 2.75) is 6.92 Å². The zero-order valence-electron chi connectivity index (χ0n) is 11.2. The van der Waals surface area contributed by atoms with Crippen LogP contribution in [0.15, 0.2) is 42.6 Å². The summed E-state index contributed by atoms with van der Waals surface area (Å²) < 4.78 is 0. The van der Waals surface area contributed by atoms with Gasteiger partial charge in [-0.1, -0.05) is 24.3 Å². The molecule has 2 heterocycles. The number of fused-ring (bicyclic) bond motifs is 1. The van der Waals surface area contributed by atoms with Gasteiger partial charge in [-0.3, -0.25) is 4.79 Å². The van der Waals surface area contributed by atoms with Gasteiger partial charge in [0.1, 0.15) is 9.71 Å². The molecule has 0 bridgehead atoms. The first-order valence-corrected chi connectivity index (χ1v) is 7.12. The van der Waals surface area contributed by atoms with Gasteiger partial charge in [-0.05, 0) is 24.6 Å². The third-order valence-corrected chi connectivity index (χ3v) is 4.34. The summed E-state index contributed by atoms with van der Waals surface area (Å²) in [6.45, 7) is 1.50. The maximum Gasteiger partial charge on any atom is 0.346 e. The van der Waals surface area contributed by atoms with Gasteiger partial charge in [0.05, 0.1) is 0 Å². The molecule has 5 heteroatoms. The minimum atomic E-state index is -0.969. The number of pyridine rings is 1. The van der Waals surface area contributed by atoms with E-state index in [-0.39, 0.29) is 10.7 Å². The number of aromatic carboxylic acids is 1. The number of hydrogen-bond acceptors (Lipinski definition) is 4. The smallest absolute Gasteiger partial charge is 0.346 e. The summed E-state index contributed by atoms with van der Waals surface area (Å²) in [5.41, 5.74) is 2.04. The Kier molecular flexibility index (Phi) is 3.27. The summed E-state index contributed by atoms with van der Waals surface area (Å²) in [6.07, 6.45) is 1.65.